The summed E-state index contributed by atoms with van der Waals surface area (Å²) in [6, 6.07) is 13.7. The Labute approximate surface area is 180 Å². The Morgan fingerprint density at radius 2 is 2.03 bits per heavy atom. The third-order valence-corrected chi connectivity index (χ3v) is 5.27. The highest BCUT2D eigenvalue weighted by atomic mass is 16.5. The van der Waals surface area contributed by atoms with Crippen molar-refractivity contribution in [3.05, 3.63) is 54.9 Å². The van der Waals surface area contributed by atoms with Crippen LogP contribution in [0.25, 0.3) is 22.2 Å². The molecule has 0 spiro atoms. The molecule has 4 N–H and O–H groups in total. The maximum absolute atomic E-state index is 9.21. The number of fused-ring (bicyclic) bond motifs is 1. The van der Waals surface area contributed by atoms with Gasteiger partial charge in [-0.1, -0.05) is 18.2 Å². The lowest BCUT2D eigenvalue weighted by Gasteiger charge is -2.22. The number of ether oxygens (including phenoxy) is 1. The maximum atomic E-state index is 9.21. The van der Waals surface area contributed by atoms with Crippen molar-refractivity contribution in [1.29, 1.82) is 0 Å². The van der Waals surface area contributed by atoms with Crippen LogP contribution in [0.3, 0.4) is 0 Å². The fraction of sp³-hybridized carbons (Fsp3) is 0.217. The van der Waals surface area contributed by atoms with E-state index in [0.717, 1.165) is 27.8 Å². The number of aromatic nitrogens is 3. The molecule has 0 amide bonds. The molecule has 4 aromatic rings. The fourth-order valence-electron chi connectivity index (χ4n) is 3.69. The van der Waals surface area contributed by atoms with Gasteiger partial charge in [-0.05, 0) is 18.2 Å². The van der Waals surface area contributed by atoms with Crippen molar-refractivity contribution in [3.63, 3.8) is 0 Å². The average molecular weight is 419 g/mol. The van der Waals surface area contributed by atoms with E-state index in [1.54, 1.807) is 19.4 Å². The van der Waals surface area contributed by atoms with Crippen LogP contribution in [0.2, 0.25) is 0 Å². The molecule has 0 bridgehead atoms. The van der Waals surface area contributed by atoms with Crippen molar-refractivity contribution >= 4 is 33.9 Å². The van der Waals surface area contributed by atoms with Gasteiger partial charge in [0.1, 0.15) is 5.75 Å². The zero-order valence-corrected chi connectivity index (χ0v) is 17.8. The van der Waals surface area contributed by atoms with Gasteiger partial charge in [0, 0.05) is 55.6 Å². The lowest BCUT2D eigenvalue weighted by Crippen LogP contribution is -2.22. The van der Waals surface area contributed by atoms with Crippen molar-refractivity contribution in [3.8, 4) is 17.0 Å². The van der Waals surface area contributed by atoms with E-state index in [-0.39, 0.29) is 6.61 Å². The number of rotatable bonds is 7. The number of methoxy groups -OCH3 is 1. The third kappa shape index (κ3) is 3.97. The number of nitrogens with zero attached hydrogens (tertiary/aromatic N) is 4. The number of aliphatic hydroxyl groups excluding tert-OH is 1. The Morgan fingerprint density at radius 1 is 1.23 bits per heavy atom. The predicted molar refractivity (Wildman–Crippen MR) is 125 cm³/mol. The van der Waals surface area contributed by atoms with Crippen LogP contribution in [0.15, 0.2) is 54.9 Å². The molecule has 0 saturated heterocycles. The van der Waals surface area contributed by atoms with Crippen LogP contribution >= 0.6 is 0 Å². The van der Waals surface area contributed by atoms with E-state index in [2.05, 4.69) is 33.2 Å². The highest BCUT2D eigenvalue weighted by Crippen LogP contribution is 2.36. The summed E-state index contributed by atoms with van der Waals surface area (Å²) in [7, 11) is 5.49. The summed E-state index contributed by atoms with van der Waals surface area (Å²) < 4.78 is 7.64. The van der Waals surface area contributed by atoms with Crippen LogP contribution < -0.4 is 20.7 Å². The van der Waals surface area contributed by atoms with Crippen LogP contribution in [0.1, 0.15) is 0 Å². The van der Waals surface area contributed by atoms with E-state index in [0.29, 0.717) is 29.6 Å². The normalized spacial score (nSPS) is 11.0. The first kappa shape index (κ1) is 20.5. The topological polar surface area (TPSA) is 101 Å². The predicted octanol–water partition coefficient (Wildman–Crippen LogP) is 3.40. The number of para-hydroxylation sites is 1. The SMILES string of the molecule is COc1cc(N(C)CCO)c(N)cc1Nc1nccc(-c2cn(C)c3ccccc23)n1. The number of nitrogens with one attached hydrogen (secondary N) is 1. The molecule has 31 heavy (non-hydrogen) atoms. The molecule has 0 aliphatic carbocycles. The number of nitrogens with two attached hydrogens (primary N) is 1. The molecule has 2 aromatic heterocycles. The lowest BCUT2D eigenvalue weighted by molar-refractivity contribution is 0.304. The monoisotopic (exact) mass is 418 g/mol. The van der Waals surface area contributed by atoms with Crippen LogP contribution in [0, 0.1) is 0 Å². The largest absolute Gasteiger partial charge is 0.494 e. The fourth-order valence-corrected chi connectivity index (χ4v) is 3.69. The second-order valence-corrected chi connectivity index (χ2v) is 7.32. The summed E-state index contributed by atoms with van der Waals surface area (Å²) in [6.07, 6.45) is 3.80. The van der Waals surface area contributed by atoms with E-state index >= 15 is 0 Å². The Hall–Kier alpha value is -3.78. The zero-order chi connectivity index (χ0) is 22.0. The molecule has 8 heteroatoms. The maximum Gasteiger partial charge on any atom is 0.227 e. The molecule has 0 radical (unpaired) electrons. The smallest absolute Gasteiger partial charge is 0.227 e. The number of likely N-dealkylation sites (N-methyl/N-ethyl adjacent to an activating group) is 1. The van der Waals surface area contributed by atoms with Gasteiger partial charge >= 0.3 is 0 Å². The third-order valence-electron chi connectivity index (χ3n) is 5.27. The Kier molecular flexibility index (Phi) is 5.64. The van der Waals surface area contributed by atoms with Gasteiger partial charge < -0.3 is 30.4 Å². The molecule has 2 heterocycles. The van der Waals surface area contributed by atoms with Crippen molar-refractivity contribution < 1.29 is 9.84 Å². The van der Waals surface area contributed by atoms with Crippen molar-refractivity contribution in [1.82, 2.24) is 14.5 Å². The van der Waals surface area contributed by atoms with Crippen LogP contribution in [-0.2, 0) is 7.05 Å². The number of hydrogen-bond acceptors (Lipinski definition) is 7. The number of aliphatic hydroxyl groups is 1. The van der Waals surface area contributed by atoms with Crippen LogP contribution in [0.4, 0.5) is 23.0 Å². The van der Waals surface area contributed by atoms with Gasteiger partial charge in [0.05, 0.1) is 36.5 Å². The quantitative estimate of drug-likeness (QED) is 0.395. The molecule has 0 fully saturated rings. The van der Waals surface area contributed by atoms with Crippen molar-refractivity contribution in [2.24, 2.45) is 7.05 Å². The van der Waals surface area contributed by atoms with Crippen molar-refractivity contribution in [2.75, 3.05) is 43.3 Å². The van der Waals surface area contributed by atoms with E-state index in [9.17, 15) is 5.11 Å². The van der Waals surface area contributed by atoms with Crippen molar-refractivity contribution in [2.45, 2.75) is 0 Å². The molecule has 0 atom stereocenters. The highest BCUT2D eigenvalue weighted by Gasteiger charge is 2.14. The number of benzene rings is 2. The van der Waals surface area contributed by atoms with Gasteiger partial charge in [-0.3, -0.25) is 0 Å². The Bertz CT molecular complexity index is 1220. The summed E-state index contributed by atoms with van der Waals surface area (Å²) in [6.45, 7) is 0.503. The summed E-state index contributed by atoms with van der Waals surface area (Å²) in [4.78, 5) is 11.0. The minimum absolute atomic E-state index is 0.0348. The zero-order valence-electron chi connectivity index (χ0n) is 17.8. The average Bonchev–Trinajstić information content (AvgIpc) is 3.11. The lowest BCUT2D eigenvalue weighted by atomic mass is 10.1. The molecule has 0 aliphatic heterocycles. The van der Waals surface area contributed by atoms with E-state index in [1.165, 1.54) is 0 Å². The van der Waals surface area contributed by atoms with Gasteiger partial charge in [0.15, 0.2) is 0 Å². The van der Waals surface area contributed by atoms with E-state index in [1.807, 2.05) is 43.3 Å². The first-order valence-corrected chi connectivity index (χ1v) is 9.96. The molecular formula is C23H26N6O2. The number of hydrogen-bond donors (Lipinski definition) is 3. The minimum atomic E-state index is 0.0348. The molecule has 0 unspecified atom stereocenters. The van der Waals surface area contributed by atoms with E-state index < -0.39 is 0 Å². The number of aryl methyl sites for hydroxylation is 1. The van der Waals surface area contributed by atoms with Crippen LogP contribution in [0.5, 0.6) is 5.75 Å². The molecule has 2 aromatic carbocycles. The van der Waals surface area contributed by atoms with E-state index in [4.69, 9.17) is 15.5 Å². The summed E-state index contributed by atoms with van der Waals surface area (Å²) >= 11 is 0. The van der Waals surface area contributed by atoms with Gasteiger partial charge in [-0.15, -0.1) is 0 Å². The highest BCUT2D eigenvalue weighted by molar-refractivity contribution is 5.95. The van der Waals surface area contributed by atoms with Gasteiger partial charge in [-0.25, -0.2) is 9.97 Å². The Morgan fingerprint density at radius 3 is 2.81 bits per heavy atom. The molecule has 160 valence electrons. The van der Waals surface area contributed by atoms with Gasteiger partial charge in [0.2, 0.25) is 5.95 Å². The second kappa shape index (κ2) is 8.53. The van der Waals surface area contributed by atoms with Crippen LogP contribution in [-0.4, -0.2) is 47.0 Å². The molecule has 0 saturated carbocycles. The standard InChI is InChI=1S/C23H26N6O2/c1-28(10-11-30)21-13-22(31-3)19(12-17(21)24)27-23-25-9-8-18(26-23)16-14-29(2)20-7-5-4-6-15(16)20/h4-9,12-14,30H,10-11,24H2,1-3H3,(H,25,26,27). The molecule has 8 nitrogen and oxygen atoms in total. The van der Waals surface area contributed by atoms with Gasteiger partial charge in [0.25, 0.3) is 0 Å². The summed E-state index contributed by atoms with van der Waals surface area (Å²) in [5.74, 6) is 1.05. The second-order valence-electron chi connectivity index (χ2n) is 7.32. The van der Waals surface area contributed by atoms with Gasteiger partial charge in [-0.2, -0.15) is 0 Å². The first-order valence-electron chi connectivity index (χ1n) is 9.96. The number of nitrogen functional groups attached to an aromatic ring is 1. The molecular weight excluding hydrogens is 392 g/mol. The summed E-state index contributed by atoms with van der Waals surface area (Å²) in [5.41, 5.74) is 11.3. The Balaban J connectivity index is 1.69. The molecule has 0 aliphatic rings. The number of anilines is 4. The first-order chi connectivity index (χ1) is 15.0. The minimum Gasteiger partial charge on any atom is -0.494 e. The summed E-state index contributed by atoms with van der Waals surface area (Å²) in [5, 5.41) is 13.6. The molecule has 4 rings (SSSR count).